The van der Waals surface area contributed by atoms with Crippen LogP contribution < -0.4 is 20.5 Å². The fourth-order valence-electron chi connectivity index (χ4n) is 1.56. The minimum atomic E-state index is -0.187. The van der Waals surface area contributed by atoms with E-state index in [0.717, 1.165) is 22.7 Å². The molecular formula is C13H22N2O2. The van der Waals surface area contributed by atoms with Crippen molar-refractivity contribution in [2.24, 2.45) is 5.73 Å². The highest BCUT2D eigenvalue weighted by Crippen LogP contribution is 2.33. The number of hydrogen-bond acceptors (Lipinski definition) is 4. The SMILES string of the molecule is COc1cc(NC(C)(C)CN)c(OC)cc1C. The van der Waals surface area contributed by atoms with Crippen molar-refractivity contribution in [2.75, 3.05) is 26.1 Å². The Morgan fingerprint density at radius 3 is 2.24 bits per heavy atom. The second kappa shape index (κ2) is 5.27. The van der Waals surface area contributed by atoms with Crippen LogP contribution in [0.15, 0.2) is 12.1 Å². The van der Waals surface area contributed by atoms with Crippen molar-refractivity contribution in [3.8, 4) is 11.5 Å². The van der Waals surface area contributed by atoms with E-state index in [1.807, 2.05) is 32.9 Å². The maximum absolute atomic E-state index is 5.71. The van der Waals surface area contributed by atoms with Crippen LogP contribution in [0.25, 0.3) is 0 Å². The lowest BCUT2D eigenvalue weighted by atomic mass is 10.0. The Bertz CT molecular complexity index is 389. The van der Waals surface area contributed by atoms with E-state index in [1.165, 1.54) is 0 Å². The predicted octanol–water partition coefficient (Wildman–Crippen LogP) is 2.16. The molecule has 0 saturated heterocycles. The number of nitrogens with two attached hydrogens (primary N) is 1. The number of hydrogen-bond donors (Lipinski definition) is 2. The number of methoxy groups -OCH3 is 2. The molecule has 4 nitrogen and oxygen atoms in total. The minimum absolute atomic E-state index is 0.187. The number of ether oxygens (including phenoxy) is 2. The highest BCUT2D eigenvalue weighted by atomic mass is 16.5. The van der Waals surface area contributed by atoms with Gasteiger partial charge >= 0.3 is 0 Å². The van der Waals surface area contributed by atoms with Gasteiger partial charge in [0.2, 0.25) is 0 Å². The molecule has 0 aromatic heterocycles. The van der Waals surface area contributed by atoms with Crippen LogP contribution in [0, 0.1) is 6.92 Å². The van der Waals surface area contributed by atoms with E-state index in [9.17, 15) is 0 Å². The Hall–Kier alpha value is -1.42. The molecule has 17 heavy (non-hydrogen) atoms. The molecule has 0 unspecified atom stereocenters. The van der Waals surface area contributed by atoms with Crippen molar-refractivity contribution in [1.29, 1.82) is 0 Å². The Morgan fingerprint density at radius 2 is 1.76 bits per heavy atom. The van der Waals surface area contributed by atoms with Gasteiger partial charge < -0.3 is 20.5 Å². The maximum atomic E-state index is 5.71. The normalized spacial score (nSPS) is 11.2. The maximum Gasteiger partial charge on any atom is 0.142 e. The molecule has 1 aromatic rings. The molecule has 0 fully saturated rings. The Kier molecular flexibility index (Phi) is 4.23. The third kappa shape index (κ3) is 3.27. The number of rotatable bonds is 5. The molecule has 0 radical (unpaired) electrons. The number of benzene rings is 1. The van der Waals surface area contributed by atoms with Crippen molar-refractivity contribution < 1.29 is 9.47 Å². The molecule has 3 N–H and O–H groups in total. The first kappa shape index (κ1) is 13.6. The van der Waals surface area contributed by atoms with E-state index in [2.05, 4.69) is 5.32 Å². The van der Waals surface area contributed by atoms with Crippen LogP contribution in [0.1, 0.15) is 19.4 Å². The van der Waals surface area contributed by atoms with Crippen LogP contribution in [0.5, 0.6) is 11.5 Å². The lowest BCUT2D eigenvalue weighted by Gasteiger charge is -2.27. The Balaban J connectivity index is 3.12. The average molecular weight is 238 g/mol. The first-order valence-electron chi connectivity index (χ1n) is 5.64. The fourth-order valence-corrected chi connectivity index (χ4v) is 1.56. The fraction of sp³-hybridized carbons (Fsp3) is 0.538. The quantitative estimate of drug-likeness (QED) is 0.825. The van der Waals surface area contributed by atoms with Gasteiger partial charge in [-0.05, 0) is 32.4 Å². The third-order valence-corrected chi connectivity index (χ3v) is 2.70. The summed E-state index contributed by atoms with van der Waals surface area (Å²) >= 11 is 0. The zero-order chi connectivity index (χ0) is 13.1. The summed E-state index contributed by atoms with van der Waals surface area (Å²) in [4.78, 5) is 0. The van der Waals surface area contributed by atoms with Gasteiger partial charge in [-0.15, -0.1) is 0 Å². The van der Waals surface area contributed by atoms with Gasteiger partial charge in [-0.2, -0.15) is 0 Å². The predicted molar refractivity (Wildman–Crippen MR) is 71.0 cm³/mol. The average Bonchev–Trinajstić information content (AvgIpc) is 2.30. The van der Waals surface area contributed by atoms with Gasteiger partial charge in [0.05, 0.1) is 19.9 Å². The molecule has 0 heterocycles. The Morgan fingerprint density at radius 1 is 1.18 bits per heavy atom. The lowest BCUT2D eigenvalue weighted by Crippen LogP contribution is -2.39. The minimum Gasteiger partial charge on any atom is -0.496 e. The molecule has 1 rings (SSSR count). The van der Waals surface area contributed by atoms with Crippen LogP contribution in [0.2, 0.25) is 0 Å². The molecule has 0 aliphatic heterocycles. The standard InChI is InChI=1S/C13H22N2O2/c1-9-6-12(17-5)10(7-11(9)16-4)15-13(2,3)8-14/h6-7,15H,8,14H2,1-5H3. The molecule has 0 saturated carbocycles. The molecule has 0 spiro atoms. The molecule has 0 aliphatic carbocycles. The van der Waals surface area contributed by atoms with Crippen LogP contribution in [-0.4, -0.2) is 26.3 Å². The van der Waals surface area contributed by atoms with Gasteiger partial charge in [0.1, 0.15) is 11.5 Å². The Labute approximate surface area is 103 Å². The van der Waals surface area contributed by atoms with Crippen molar-refractivity contribution in [2.45, 2.75) is 26.3 Å². The molecule has 1 aromatic carbocycles. The first-order valence-corrected chi connectivity index (χ1v) is 5.64. The zero-order valence-corrected chi connectivity index (χ0v) is 11.3. The van der Waals surface area contributed by atoms with Crippen molar-refractivity contribution in [3.63, 3.8) is 0 Å². The summed E-state index contributed by atoms with van der Waals surface area (Å²) in [5.41, 5.74) is 7.46. The second-order valence-corrected chi connectivity index (χ2v) is 4.74. The lowest BCUT2D eigenvalue weighted by molar-refractivity contribution is 0.400. The topological polar surface area (TPSA) is 56.5 Å². The molecule has 0 atom stereocenters. The van der Waals surface area contributed by atoms with E-state index < -0.39 is 0 Å². The van der Waals surface area contributed by atoms with Gasteiger partial charge in [-0.25, -0.2) is 0 Å². The highest BCUT2D eigenvalue weighted by molar-refractivity contribution is 5.63. The highest BCUT2D eigenvalue weighted by Gasteiger charge is 2.18. The van der Waals surface area contributed by atoms with E-state index in [1.54, 1.807) is 14.2 Å². The van der Waals surface area contributed by atoms with E-state index >= 15 is 0 Å². The van der Waals surface area contributed by atoms with Crippen LogP contribution in [0.4, 0.5) is 5.69 Å². The van der Waals surface area contributed by atoms with Crippen molar-refractivity contribution in [3.05, 3.63) is 17.7 Å². The number of nitrogens with one attached hydrogen (secondary N) is 1. The van der Waals surface area contributed by atoms with E-state index in [0.29, 0.717) is 6.54 Å². The van der Waals surface area contributed by atoms with Gasteiger partial charge in [-0.1, -0.05) is 0 Å². The molecule has 0 bridgehead atoms. The summed E-state index contributed by atoms with van der Waals surface area (Å²) < 4.78 is 10.7. The van der Waals surface area contributed by atoms with Gasteiger partial charge in [0.15, 0.2) is 0 Å². The smallest absolute Gasteiger partial charge is 0.142 e. The van der Waals surface area contributed by atoms with Crippen molar-refractivity contribution in [1.82, 2.24) is 0 Å². The monoisotopic (exact) mass is 238 g/mol. The first-order chi connectivity index (χ1) is 7.93. The molecule has 0 aliphatic rings. The van der Waals surface area contributed by atoms with E-state index in [-0.39, 0.29) is 5.54 Å². The van der Waals surface area contributed by atoms with Crippen LogP contribution >= 0.6 is 0 Å². The van der Waals surface area contributed by atoms with Crippen molar-refractivity contribution >= 4 is 5.69 Å². The summed E-state index contributed by atoms with van der Waals surface area (Å²) in [6.07, 6.45) is 0. The van der Waals surface area contributed by atoms with Crippen LogP contribution in [-0.2, 0) is 0 Å². The number of anilines is 1. The summed E-state index contributed by atoms with van der Waals surface area (Å²) in [6.45, 7) is 6.60. The summed E-state index contributed by atoms with van der Waals surface area (Å²) in [7, 11) is 3.31. The van der Waals surface area contributed by atoms with Gasteiger partial charge in [0.25, 0.3) is 0 Å². The zero-order valence-electron chi connectivity index (χ0n) is 11.3. The third-order valence-electron chi connectivity index (χ3n) is 2.70. The largest absolute Gasteiger partial charge is 0.496 e. The summed E-state index contributed by atoms with van der Waals surface area (Å²) in [5, 5.41) is 3.36. The summed E-state index contributed by atoms with van der Waals surface area (Å²) in [5.74, 6) is 1.63. The molecule has 0 amide bonds. The van der Waals surface area contributed by atoms with Gasteiger partial charge in [-0.3, -0.25) is 0 Å². The van der Waals surface area contributed by atoms with E-state index in [4.69, 9.17) is 15.2 Å². The molecule has 96 valence electrons. The van der Waals surface area contributed by atoms with Gasteiger partial charge in [0, 0.05) is 18.2 Å². The van der Waals surface area contributed by atoms with Crippen LogP contribution in [0.3, 0.4) is 0 Å². The molecule has 4 heteroatoms. The second-order valence-electron chi connectivity index (χ2n) is 4.74. The summed E-state index contributed by atoms with van der Waals surface area (Å²) in [6, 6.07) is 3.89. The molecular weight excluding hydrogens is 216 g/mol. The number of aryl methyl sites for hydroxylation is 1.